The van der Waals surface area contributed by atoms with Crippen molar-refractivity contribution in [1.82, 2.24) is 10.2 Å². The van der Waals surface area contributed by atoms with Crippen LogP contribution in [0.15, 0.2) is 51.4 Å². The number of rotatable bonds is 6. The van der Waals surface area contributed by atoms with Crippen LogP contribution in [0.3, 0.4) is 0 Å². The molecule has 1 aromatic carbocycles. The van der Waals surface area contributed by atoms with Gasteiger partial charge in [-0.25, -0.2) is 0 Å². The minimum Gasteiger partial charge on any atom is -0.410 e. The minimum atomic E-state index is -0.0974. The van der Waals surface area contributed by atoms with E-state index in [0.717, 1.165) is 23.7 Å². The lowest BCUT2D eigenvalue weighted by atomic mass is 10.2. The Kier molecular flexibility index (Phi) is 5.21. The molecule has 0 radical (unpaired) electrons. The summed E-state index contributed by atoms with van der Waals surface area (Å²) in [5.41, 5.74) is 2.00. The molecule has 2 aromatic heterocycles. The molecule has 0 unspecified atom stereocenters. The van der Waals surface area contributed by atoms with Gasteiger partial charge in [-0.3, -0.25) is 4.79 Å². The number of carbonyl (C=O) groups excluding carboxylic acids is 1. The number of thioether (sulfide) groups is 1. The molecule has 1 N–H and O–H groups in total. The average molecular weight is 387 g/mol. The largest absolute Gasteiger partial charge is 0.410 e. The number of anilines is 2. The van der Waals surface area contributed by atoms with Crippen LogP contribution in [0.5, 0.6) is 0 Å². The zero-order valence-corrected chi connectivity index (χ0v) is 15.7. The number of amides is 1. The molecular weight excluding hydrogens is 368 g/mol. The summed E-state index contributed by atoms with van der Waals surface area (Å²) < 4.78 is 5.57. The van der Waals surface area contributed by atoms with Crippen molar-refractivity contribution in [2.24, 2.45) is 0 Å². The first-order valence-corrected chi connectivity index (χ1v) is 10.3. The van der Waals surface area contributed by atoms with Gasteiger partial charge in [0.1, 0.15) is 0 Å². The first-order chi connectivity index (χ1) is 12.8. The van der Waals surface area contributed by atoms with E-state index in [2.05, 4.69) is 32.5 Å². The Morgan fingerprint density at radius 2 is 2.00 bits per heavy atom. The summed E-state index contributed by atoms with van der Waals surface area (Å²) in [6, 6.07) is 11.8. The van der Waals surface area contributed by atoms with Crippen LogP contribution in [0.4, 0.5) is 11.4 Å². The Bertz CT molecular complexity index is 856. The van der Waals surface area contributed by atoms with Crippen molar-refractivity contribution < 1.29 is 9.21 Å². The normalized spacial score (nSPS) is 13.9. The van der Waals surface area contributed by atoms with E-state index in [1.54, 1.807) is 0 Å². The van der Waals surface area contributed by atoms with Crippen LogP contribution < -0.4 is 10.2 Å². The Morgan fingerprint density at radius 1 is 1.19 bits per heavy atom. The Morgan fingerprint density at radius 3 is 2.73 bits per heavy atom. The van der Waals surface area contributed by atoms with E-state index >= 15 is 0 Å². The standard InChI is InChI=1S/C18H18N4O2S2/c23-16(12-26-18-21-20-17(24-18)15-4-3-11-25-15)19-13-5-7-14(8-6-13)22-9-1-2-10-22/h3-8,11H,1-2,9-10,12H2,(H,19,23). The van der Waals surface area contributed by atoms with Crippen molar-refractivity contribution in [2.45, 2.75) is 18.1 Å². The zero-order chi connectivity index (χ0) is 17.8. The van der Waals surface area contributed by atoms with Crippen molar-refractivity contribution in [1.29, 1.82) is 0 Å². The van der Waals surface area contributed by atoms with Crippen molar-refractivity contribution >= 4 is 40.4 Å². The van der Waals surface area contributed by atoms with Crippen molar-refractivity contribution in [3.05, 3.63) is 41.8 Å². The molecule has 0 saturated carbocycles. The Hall–Kier alpha value is -2.32. The van der Waals surface area contributed by atoms with Crippen LogP contribution in [-0.2, 0) is 4.79 Å². The number of nitrogens with one attached hydrogen (secondary N) is 1. The lowest BCUT2D eigenvalue weighted by Crippen LogP contribution is -2.18. The van der Waals surface area contributed by atoms with E-state index in [-0.39, 0.29) is 11.7 Å². The molecule has 3 heterocycles. The molecule has 0 aliphatic carbocycles. The van der Waals surface area contributed by atoms with Gasteiger partial charge >= 0.3 is 0 Å². The molecule has 3 aromatic rings. The molecular formula is C18H18N4O2S2. The van der Waals surface area contributed by atoms with Crippen LogP contribution in [-0.4, -0.2) is 34.9 Å². The third-order valence-corrected chi connectivity index (χ3v) is 5.76. The van der Waals surface area contributed by atoms with Gasteiger partial charge in [-0.15, -0.1) is 21.5 Å². The Balaban J connectivity index is 1.28. The highest BCUT2D eigenvalue weighted by atomic mass is 32.2. The Labute approximate surface area is 159 Å². The third kappa shape index (κ3) is 4.08. The molecule has 6 nitrogen and oxygen atoms in total. The quantitative estimate of drug-likeness (QED) is 0.642. The fourth-order valence-electron chi connectivity index (χ4n) is 2.82. The van der Waals surface area contributed by atoms with Crippen LogP contribution in [0.2, 0.25) is 0 Å². The second kappa shape index (κ2) is 7.92. The minimum absolute atomic E-state index is 0.0974. The maximum atomic E-state index is 12.1. The molecule has 1 aliphatic rings. The summed E-state index contributed by atoms with van der Waals surface area (Å²) in [5, 5.41) is 13.2. The molecule has 0 atom stereocenters. The summed E-state index contributed by atoms with van der Waals surface area (Å²) in [7, 11) is 0. The number of nitrogens with zero attached hydrogens (tertiary/aromatic N) is 3. The lowest BCUT2D eigenvalue weighted by molar-refractivity contribution is -0.113. The fraction of sp³-hybridized carbons (Fsp3) is 0.278. The van der Waals surface area contributed by atoms with E-state index in [9.17, 15) is 4.79 Å². The van der Waals surface area contributed by atoms with Crippen LogP contribution in [0, 0.1) is 0 Å². The van der Waals surface area contributed by atoms with E-state index in [1.807, 2.05) is 29.6 Å². The number of benzene rings is 1. The van der Waals surface area contributed by atoms with Gasteiger partial charge in [0.05, 0.1) is 10.6 Å². The topological polar surface area (TPSA) is 71.3 Å². The molecule has 26 heavy (non-hydrogen) atoms. The summed E-state index contributed by atoms with van der Waals surface area (Å²) >= 11 is 2.77. The highest BCUT2D eigenvalue weighted by molar-refractivity contribution is 7.99. The van der Waals surface area contributed by atoms with Gasteiger partial charge in [0.15, 0.2) is 0 Å². The second-order valence-electron chi connectivity index (χ2n) is 5.93. The summed E-state index contributed by atoms with van der Waals surface area (Å²) in [6.07, 6.45) is 2.50. The summed E-state index contributed by atoms with van der Waals surface area (Å²) in [4.78, 5) is 15.4. The predicted molar refractivity (Wildman–Crippen MR) is 105 cm³/mol. The van der Waals surface area contributed by atoms with Gasteiger partial charge in [0, 0.05) is 24.5 Å². The first-order valence-electron chi connectivity index (χ1n) is 8.43. The molecule has 1 fully saturated rings. The third-order valence-electron chi connectivity index (χ3n) is 4.09. The molecule has 1 saturated heterocycles. The van der Waals surface area contributed by atoms with E-state index < -0.39 is 0 Å². The first kappa shape index (κ1) is 17.1. The van der Waals surface area contributed by atoms with E-state index in [1.165, 1.54) is 41.6 Å². The number of carbonyl (C=O) groups is 1. The van der Waals surface area contributed by atoms with Gasteiger partial charge in [-0.1, -0.05) is 17.8 Å². The van der Waals surface area contributed by atoms with Crippen molar-refractivity contribution in [3.8, 4) is 10.8 Å². The highest BCUT2D eigenvalue weighted by Gasteiger charge is 2.13. The number of hydrogen-bond acceptors (Lipinski definition) is 7. The zero-order valence-electron chi connectivity index (χ0n) is 14.1. The monoisotopic (exact) mass is 386 g/mol. The molecule has 0 spiro atoms. The average Bonchev–Trinajstić information content (AvgIpc) is 3.42. The SMILES string of the molecule is O=C(CSc1nnc(-c2cccs2)o1)Nc1ccc(N2CCCC2)cc1. The summed E-state index contributed by atoms with van der Waals surface area (Å²) in [5.74, 6) is 0.611. The molecule has 0 bridgehead atoms. The predicted octanol–water partition coefficient (Wildman–Crippen LogP) is 4.13. The molecule has 1 amide bonds. The number of hydrogen-bond donors (Lipinski definition) is 1. The lowest BCUT2D eigenvalue weighted by Gasteiger charge is -2.17. The summed E-state index contributed by atoms with van der Waals surface area (Å²) in [6.45, 7) is 2.22. The van der Waals surface area contributed by atoms with Crippen molar-refractivity contribution in [3.63, 3.8) is 0 Å². The van der Waals surface area contributed by atoms with Crippen LogP contribution >= 0.6 is 23.1 Å². The fourth-order valence-corrected chi connectivity index (χ4v) is 4.03. The smallest absolute Gasteiger partial charge is 0.277 e. The second-order valence-corrected chi connectivity index (χ2v) is 7.80. The van der Waals surface area contributed by atoms with Gasteiger partial charge in [-0.05, 0) is 48.6 Å². The van der Waals surface area contributed by atoms with Crippen molar-refractivity contribution in [2.75, 3.05) is 29.1 Å². The maximum Gasteiger partial charge on any atom is 0.277 e. The molecule has 1 aliphatic heterocycles. The van der Waals surface area contributed by atoms with Gasteiger partial charge in [-0.2, -0.15) is 0 Å². The molecule has 8 heteroatoms. The number of thiophene rings is 1. The molecule has 134 valence electrons. The van der Waals surface area contributed by atoms with Gasteiger partial charge < -0.3 is 14.6 Å². The maximum absolute atomic E-state index is 12.1. The van der Waals surface area contributed by atoms with Crippen LogP contribution in [0.25, 0.3) is 10.8 Å². The highest BCUT2D eigenvalue weighted by Crippen LogP contribution is 2.27. The van der Waals surface area contributed by atoms with Gasteiger partial charge in [0.2, 0.25) is 5.91 Å². The van der Waals surface area contributed by atoms with E-state index in [0.29, 0.717) is 11.1 Å². The molecule has 4 rings (SSSR count). The van der Waals surface area contributed by atoms with Gasteiger partial charge in [0.25, 0.3) is 11.1 Å². The van der Waals surface area contributed by atoms with Crippen LogP contribution in [0.1, 0.15) is 12.8 Å². The van der Waals surface area contributed by atoms with E-state index in [4.69, 9.17) is 4.42 Å². The number of aromatic nitrogens is 2.